The highest BCUT2D eigenvalue weighted by Crippen LogP contribution is 2.04. The van der Waals surface area contributed by atoms with Gasteiger partial charge in [0, 0.05) is 17.5 Å². The topological polar surface area (TPSA) is 72.5 Å². The Labute approximate surface area is 167 Å². The Morgan fingerprint density at radius 1 is 1.21 bits per heavy atom. The van der Waals surface area contributed by atoms with Gasteiger partial charge in [-0.3, -0.25) is 14.4 Å². The average Bonchev–Trinajstić information content (AvgIpc) is 2.70. The first-order valence-electron chi connectivity index (χ1n) is 9.18. The van der Waals surface area contributed by atoms with Crippen molar-refractivity contribution in [3.63, 3.8) is 0 Å². The second-order valence-corrected chi connectivity index (χ2v) is 5.74. The van der Waals surface area contributed by atoms with Gasteiger partial charge in [-0.2, -0.15) is 0 Å². The van der Waals surface area contributed by atoms with Gasteiger partial charge in [0.1, 0.15) is 6.54 Å². The molecule has 0 aliphatic carbocycles. The van der Waals surface area contributed by atoms with Crippen LogP contribution in [0.4, 0.5) is 0 Å². The van der Waals surface area contributed by atoms with E-state index in [1.54, 1.807) is 24.3 Å². The lowest BCUT2D eigenvalue weighted by molar-refractivity contribution is -0.139. The Hall–Kier alpha value is -3.13. The van der Waals surface area contributed by atoms with Gasteiger partial charge in [-0.1, -0.05) is 49.5 Å². The van der Waals surface area contributed by atoms with Crippen LogP contribution < -0.4 is 5.32 Å². The molecule has 0 radical (unpaired) electrons. The fourth-order valence-corrected chi connectivity index (χ4v) is 1.80. The van der Waals surface area contributed by atoms with Crippen molar-refractivity contribution in [2.24, 2.45) is 0 Å². The SMILES string of the molecule is C/C=C\C=C/C(C)=O.CCCCC#Cc1cccc(C(=O)NCC(=O)OC)c1. The summed E-state index contributed by atoms with van der Waals surface area (Å²) in [4.78, 5) is 33.0. The normalized spacial score (nSPS) is 9.86. The lowest BCUT2D eigenvalue weighted by atomic mass is 10.1. The Morgan fingerprint density at radius 2 is 1.96 bits per heavy atom. The molecule has 1 rings (SSSR count). The van der Waals surface area contributed by atoms with Crippen LogP contribution in [0, 0.1) is 11.8 Å². The molecule has 28 heavy (non-hydrogen) atoms. The highest BCUT2D eigenvalue weighted by Gasteiger charge is 2.07. The molecule has 150 valence electrons. The van der Waals surface area contributed by atoms with Crippen molar-refractivity contribution < 1.29 is 19.1 Å². The summed E-state index contributed by atoms with van der Waals surface area (Å²) in [5, 5.41) is 2.49. The first kappa shape index (κ1) is 24.9. The van der Waals surface area contributed by atoms with Crippen LogP contribution >= 0.6 is 0 Å². The Balaban J connectivity index is 0.000000769. The number of nitrogens with one attached hydrogen (secondary N) is 1. The molecule has 0 heterocycles. The van der Waals surface area contributed by atoms with Crippen molar-refractivity contribution in [2.45, 2.75) is 40.0 Å². The second kappa shape index (κ2) is 16.1. The van der Waals surface area contributed by atoms with Crippen LogP contribution in [0.3, 0.4) is 0 Å². The number of unbranched alkanes of at least 4 members (excludes halogenated alkanes) is 2. The predicted octanol–water partition coefficient (Wildman–Crippen LogP) is 3.84. The quantitative estimate of drug-likeness (QED) is 0.255. The third-order valence-corrected chi connectivity index (χ3v) is 3.27. The zero-order valence-electron chi connectivity index (χ0n) is 17.1. The number of amides is 1. The summed E-state index contributed by atoms with van der Waals surface area (Å²) >= 11 is 0. The van der Waals surface area contributed by atoms with E-state index >= 15 is 0 Å². The molecule has 1 amide bonds. The third kappa shape index (κ3) is 13.1. The van der Waals surface area contributed by atoms with Gasteiger partial charge in [0.2, 0.25) is 0 Å². The molecular weight excluding hydrogens is 354 g/mol. The number of carbonyl (C=O) groups is 3. The fraction of sp³-hybridized carbons (Fsp3) is 0.348. The molecule has 0 spiro atoms. The maximum atomic E-state index is 11.8. The smallest absolute Gasteiger partial charge is 0.325 e. The summed E-state index contributed by atoms with van der Waals surface area (Å²) in [6.45, 7) is 5.42. The number of hydrogen-bond donors (Lipinski definition) is 1. The molecule has 0 unspecified atom stereocenters. The summed E-state index contributed by atoms with van der Waals surface area (Å²) in [6.07, 6.45) is 10.00. The molecule has 0 aliphatic rings. The Kier molecular flexibility index (Phi) is 14.3. The Bertz CT molecular complexity index is 751. The monoisotopic (exact) mass is 383 g/mol. The molecule has 1 aromatic carbocycles. The summed E-state index contributed by atoms with van der Waals surface area (Å²) in [6, 6.07) is 7.03. The number of ketones is 1. The first-order chi connectivity index (χ1) is 13.4. The van der Waals surface area contributed by atoms with E-state index in [9.17, 15) is 14.4 Å². The van der Waals surface area contributed by atoms with Crippen molar-refractivity contribution in [3.05, 3.63) is 59.7 Å². The largest absolute Gasteiger partial charge is 0.468 e. The molecule has 5 nitrogen and oxygen atoms in total. The molecule has 0 saturated heterocycles. The minimum Gasteiger partial charge on any atom is -0.468 e. The van der Waals surface area contributed by atoms with Crippen LogP contribution in [0.5, 0.6) is 0 Å². The van der Waals surface area contributed by atoms with Gasteiger partial charge in [-0.25, -0.2) is 0 Å². The number of allylic oxidation sites excluding steroid dienone is 4. The second-order valence-electron chi connectivity index (χ2n) is 5.74. The van der Waals surface area contributed by atoms with Crippen molar-refractivity contribution in [3.8, 4) is 11.8 Å². The van der Waals surface area contributed by atoms with E-state index in [0.29, 0.717) is 5.56 Å². The molecule has 5 heteroatoms. The zero-order valence-corrected chi connectivity index (χ0v) is 17.1. The van der Waals surface area contributed by atoms with E-state index in [0.717, 1.165) is 24.8 Å². The number of rotatable bonds is 7. The van der Waals surface area contributed by atoms with Gasteiger partial charge < -0.3 is 10.1 Å². The van der Waals surface area contributed by atoms with Gasteiger partial charge in [-0.05, 0) is 44.5 Å². The van der Waals surface area contributed by atoms with Gasteiger partial charge in [-0.15, -0.1) is 0 Å². The maximum absolute atomic E-state index is 11.8. The molecule has 0 aliphatic heterocycles. The number of esters is 1. The lowest BCUT2D eigenvalue weighted by Gasteiger charge is -2.04. The Morgan fingerprint density at radius 3 is 2.57 bits per heavy atom. The fourth-order valence-electron chi connectivity index (χ4n) is 1.80. The molecule has 1 N–H and O–H groups in total. The summed E-state index contributed by atoms with van der Waals surface area (Å²) in [5.41, 5.74) is 1.28. The highest BCUT2D eigenvalue weighted by molar-refractivity contribution is 5.96. The molecule has 0 fully saturated rings. The van der Waals surface area contributed by atoms with E-state index in [1.807, 2.05) is 25.1 Å². The van der Waals surface area contributed by atoms with Gasteiger partial charge >= 0.3 is 5.97 Å². The summed E-state index contributed by atoms with van der Waals surface area (Å²) < 4.78 is 4.46. The number of methoxy groups -OCH3 is 1. The molecule has 0 saturated carbocycles. The van der Waals surface area contributed by atoms with E-state index in [-0.39, 0.29) is 18.2 Å². The van der Waals surface area contributed by atoms with Gasteiger partial charge in [0.15, 0.2) is 5.78 Å². The lowest BCUT2D eigenvalue weighted by Crippen LogP contribution is -2.30. The minimum atomic E-state index is -0.478. The molecule has 0 bridgehead atoms. The van der Waals surface area contributed by atoms with Crippen molar-refractivity contribution >= 4 is 17.7 Å². The standard InChI is InChI=1S/C16H19NO3.C7H10O/c1-3-4-5-6-8-13-9-7-10-14(11-13)16(19)17-12-15(18)20-2;1-3-4-5-6-7(2)8/h7,9-11H,3-5,12H2,1-2H3,(H,17,19);3-6H,1-2H3/b;4-3-,6-5-. The van der Waals surface area contributed by atoms with Crippen LogP contribution in [0.2, 0.25) is 0 Å². The van der Waals surface area contributed by atoms with Gasteiger partial charge in [0.05, 0.1) is 7.11 Å². The predicted molar refractivity (Wildman–Crippen MR) is 112 cm³/mol. The van der Waals surface area contributed by atoms with E-state index in [2.05, 4.69) is 28.8 Å². The van der Waals surface area contributed by atoms with Crippen LogP contribution in [0.25, 0.3) is 0 Å². The van der Waals surface area contributed by atoms with E-state index in [4.69, 9.17) is 0 Å². The van der Waals surface area contributed by atoms with E-state index in [1.165, 1.54) is 20.1 Å². The van der Waals surface area contributed by atoms with E-state index < -0.39 is 5.97 Å². The first-order valence-corrected chi connectivity index (χ1v) is 9.18. The number of ether oxygens (including phenoxy) is 1. The maximum Gasteiger partial charge on any atom is 0.325 e. The van der Waals surface area contributed by atoms with Crippen molar-refractivity contribution in [1.82, 2.24) is 5.32 Å². The number of carbonyl (C=O) groups excluding carboxylic acids is 3. The third-order valence-electron chi connectivity index (χ3n) is 3.27. The van der Waals surface area contributed by atoms with Crippen molar-refractivity contribution in [1.29, 1.82) is 0 Å². The average molecular weight is 383 g/mol. The number of hydrogen-bond acceptors (Lipinski definition) is 4. The van der Waals surface area contributed by atoms with Crippen LogP contribution in [0.15, 0.2) is 48.6 Å². The minimum absolute atomic E-state index is 0.0862. The highest BCUT2D eigenvalue weighted by atomic mass is 16.5. The summed E-state index contributed by atoms with van der Waals surface area (Å²) in [7, 11) is 1.28. The van der Waals surface area contributed by atoms with Crippen molar-refractivity contribution in [2.75, 3.05) is 13.7 Å². The summed E-state index contributed by atoms with van der Waals surface area (Å²) in [5.74, 6) is 5.40. The van der Waals surface area contributed by atoms with Gasteiger partial charge in [0.25, 0.3) is 5.91 Å². The number of benzene rings is 1. The molecule has 0 atom stereocenters. The van der Waals surface area contributed by atoms with Crippen LogP contribution in [-0.4, -0.2) is 31.3 Å². The molecule has 1 aromatic rings. The molecule has 0 aromatic heterocycles. The van der Waals surface area contributed by atoms with Crippen LogP contribution in [-0.2, 0) is 14.3 Å². The van der Waals surface area contributed by atoms with Crippen LogP contribution in [0.1, 0.15) is 56.0 Å². The molecular formula is C23H29NO4. The zero-order chi connectivity index (χ0) is 21.2.